The van der Waals surface area contributed by atoms with Crippen LogP contribution in [0.15, 0.2) is 0 Å². The zero-order valence-corrected chi connectivity index (χ0v) is 7.28. The Morgan fingerprint density at radius 2 is 2.00 bits per heavy atom. The lowest BCUT2D eigenvalue weighted by Gasteiger charge is -2.25. The van der Waals surface area contributed by atoms with Gasteiger partial charge in [0, 0.05) is 13.1 Å². The van der Waals surface area contributed by atoms with Gasteiger partial charge in [0.25, 0.3) is 0 Å². The van der Waals surface area contributed by atoms with E-state index in [0.29, 0.717) is 26.3 Å². The summed E-state index contributed by atoms with van der Waals surface area (Å²) in [7, 11) is 0. The highest BCUT2D eigenvalue weighted by Crippen LogP contribution is 1.95. The molecule has 0 aromatic carbocycles. The summed E-state index contributed by atoms with van der Waals surface area (Å²) in [5.41, 5.74) is 4.78. The van der Waals surface area contributed by atoms with E-state index in [1.807, 2.05) is 10.2 Å². The Labute approximate surface area is 76.0 Å². The van der Waals surface area contributed by atoms with Gasteiger partial charge < -0.3 is 10.5 Å². The van der Waals surface area contributed by atoms with Gasteiger partial charge in [-0.15, -0.1) is 0 Å². The molecule has 0 bridgehead atoms. The molecule has 1 aliphatic rings. The lowest BCUT2D eigenvalue weighted by Crippen LogP contribution is -2.45. The predicted molar refractivity (Wildman–Crippen MR) is 45.0 cm³/mol. The summed E-state index contributed by atoms with van der Waals surface area (Å²) in [6.07, 6.45) is 0. The molecule has 0 aromatic rings. The maximum absolute atomic E-state index is 11.0. The number of hydrogen-bond donors (Lipinski definition) is 2. The highest BCUT2D eigenvalue weighted by Gasteiger charge is 2.14. The lowest BCUT2D eigenvalue weighted by molar-refractivity contribution is -0.122. The quantitative estimate of drug-likeness (QED) is 0.551. The van der Waals surface area contributed by atoms with Crippen LogP contribution in [0.1, 0.15) is 0 Å². The number of carbonyl (C=O) groups excluding carboxylic acids is 2. The van der Waals surface area contributed by atoms with Gasteiger partial charge in [-0.2, -0.15) is 0 Å². The summed E-state index contributed by atoms with van der Waals surface area (Å²) < 4.78 is 5.10. The predicted octanol–water partition coefficient (Wildman–Crippen LogP) is -1.49. The third-order valence-corrected chi connectivity index (χ3v) is 1.73. The summed E-state index contributed by atoms with van der Waals surface area (Å²) in [6.45, 7) is 2.89. The number of urea groups is 1. The number of rotatable bonds is 2. The number of nitrogens with one attached hydrogen (secondary N) is 1. The molecule has 13 heavy (non-hydrogen) atoms. The van der Waals surface area contributed by atoms with Crippen molar-refractivity contribution in [2.75, 3.05) is 32.8 Å². The van der Waals surface area contributed by atoms with E-state index in [2.05, 4.69) is 0 Å². The van der Waals surface area contributed by atoms with E-state index in [1.54, 1.807) is 0 Å². The molecule has 6 nitrogen and oxygen atoms in total. The molecule has 0 saturated carbocycles. The van der Waals surface area contributed by atoms with Crippen molar-refractivity contribution in [2.45, 2.75) is 0 Å². The summed E-state index contributed by atoms with van der Waals surface area (Å²) in [5, 5.41) is 2.01. The minimum absolute atomic E-state index is 0.201. The van der Waals surface area contributed by atoms with Crippen LogP contribution in [0, 0.1) is 0 Å². The van der Waals surface area contributed by atoms with Crippen molar-refractivity contribution in [3.05, 3.63) is 0 Å². The number of carbonyl (C=O) groups is 2. The van der Waals surface area contributed by atoms with Crippen molar-refractivity contribution >= 4 is 11.9 Å². The molecule has 1 saturated heterocycles. The Morgan fingerprint density at radius 1 is 1.38 bits per heavy atom. The normalized spacial score (nSPS) is 18.2. The molecule has 1 rings (SSSR count). The summed E-state index contributed by atoms with van der Waals surface area (Å²) in [4.78, 5) is 23.2. The smallest absolute Gasteiger partial charge is 0.318 e. The van der Waals surface area contributed by atoms with Crippen LogP contribution in [-0.4, -0.2) is 49.7 Å². The van der Waals surface area contributed by atoms with Crippen LogP contribution in [0.4, 0.5) is 4.79 Å². The second-order valence-electron chi connectivity index (χ2n) is 2.80. The number of nitrogens with two attached hydrogens (primary N) is 1. The van der Waals surface area contributed by atoms with Crippen LogP contribution in [-0.2, 0) is 9.53 Å². The first-order valence-corrected chi connectivity index (χ1v) is 4.08. The van der Waals surface area contributed by atoms with Crippen molar-refractivity contribution in [3.63, 3.8) is 0 Å². The first-order chi connectivity index (χ1) is 6.18. The molecule has 3 N–H and O–H groups in total. The Bertz CT molecular complexity index is 201. The van der Waals surface area contributed by atoms with E-state index < -0.39 is 6.03 Å². The number of ether oxygens (including phenoxy) is 1. The monoisotopic (exact) mass is 187 g/mol. The first-order valence-electron chi connectivity index (χ1n) is 4.08. The summed E-state index contributed by atoms with van der Waals surface area (Å²) in [5.74, 6) is -0.366. The number of imide groups is 1. The molecule has 0 aromatic heterocycles. The fourth-order valence-electron chi connectivity index (χ4n) is 1.14. The molecule has 0 radical (unpaired) electrons. The average Bonchev–Trinajstić information content (AvgIpc) is 2.04. The maximum atomic E-state index is 11.0. The molecular weight excluding hydrogens is 174 g/mol. The van der Waals surface area contributed by atoms with E-state index in [0.717, 1.165) is 0 Å². The Balaban J connectivity index is 2.22. The zero-order valence-electron chi connectivity index (χ0n) is 7.28. The van der Waals surface area contributed by atoms with Crippen LogP contribution in [0.3, 0.4) is 0 Å². The van der Waals surface area contributed by atoms with Crippen LogP contribution in [0.2, 0.25) is 0 Å². The lowest BCUT2D eigenvalue weighted by atomic mass is 10.4. The molecule has 74 valence electrons. The third kappa shape index (κ3) is 3.86. The van der Waals surface area contributed by atoms with Crippen molar-refractivity contribution in [1.29, 1.82) is 0 Å². The van der Waals surface area contributed by atoms with Gasteiger partial charge in [-0.3, -0.25) is 15.0 Å². The Morgan fingerprint density at radius 3 is 2.54 bits per heavy atom. The van der Waals surface area contributed by atoms with Crippen molar-refractivity contribution in [1.82, 2.24) is 10.2 Å². The van der Waals surface area contributed by atoms with E-state index in [-0.39, 0.29) is 12.5 Å². The van der Waals surface area contributed by atoms with Gasteiger partial charge in [0.1, 0.15) is 0 Å². The third-order valence-electron chi connectivity index (χ3n) is 1.73. The standard InChI is InChI=1S/C7H13N3O3/c8-7(12)9-6(11)5-10-1-3-13-4-2-10/h1-5H2,(H3,8,9,11,12). The second kappa shape index (κ2) is 4.78. The number of nitrogens with zero attached hydrogens (tertiary/aromatic N) is 1. The van der Waals surface area contributed by atoms with Crippen molar-refractivity contribution in [2.24, 2.45) is 5.73 Å². The fourth-order valence-corrected chi connectivity index (χ4v) is 1.14. The van der Waals surface area contributed by atoms with Crippen molar-refractivity contribution < 1.29 is 14.3 Å². The molecule has 0 unspecified atom stereocenters. The van der Waals surface area contributed by atoms with Gasteiger partial charge >= 0.3 is 6.03 Å². The number of primary amides is 1. The van der Waals surface area contributed by atoms with Gasteiger partial charge in [0.05, 0.1) is 19.8 Å². The molecule has 3 amide bonds. The molecule has 0 aliphatic carbocycles. The number of morpholine rings is 1. The Hall–Kier alpha value is -1.14. The molecule has 1 aliphatic heterocycles. The van der Waals surface area contributed by atoms with E-state index >= 15 is 0 Å². The van der Waals surface area contributed by atoms with Crippen LogP contribution < -0.4 is 11.1 Å². The number of amides is 3. The molecule has 1 heterocycles. The van der Waals surface area contributed by atoms with Crippen molar-refractivity contribution in [3.8, 4) is 0 Å². The van der Waals surface area contributed by atoms with Gasteiger partial charge in [0.15, 0.2) is 0 Å². The zero-order chi connectivity index (χ0) is 9.68. The maximum Gasteiger partial charge on any atom is 0.318 e. The topological polar surface area (TPSA) is 84.7 Å². The van der Waals surface area contributed by atoms with E-state index in [4.69, 9.17) is 10.5 Å². The highest BCUT2D eigenvalue weighted by atomic mass is 16.5. The second-order valence-corrected chi connectivity index (χ2v) is 2.80. The first kappa shape index (κ1) is 9.94. The van der Waals surface area contributed by atoms with E-state index in [9.17, 15) is 9.59 Å². The Kier molecular flexibility index (Phi) is 3.66. The molecular formula is C7H13N3O3. The van der Waals surface area contributed by atoms with Gasteiger partial charge in [-0.25, -0.2) is 4.79 Å². The van der Waals surface area contributed by atoms with Crippen LogP contribution in [0.25, 0.3) is 0 Å². The van der Waals surface area contributed by atoms with Gasteiger partial charge in [-0.05, 0) is 0 Å². The number of hydrogen-bond acceptors (Lipinski definition) is 4. The molecule has 1 fully saturated rings. The summed E-state index contributed by atoms with van der Waals surface area (Å²) >= 11 is 0. The average molecular weight is 187 g/mol. The SMILES string of the molecule is NC(=O)NC(=O)CN1CCOCC1. The largest absolute Gasteiger partial charge is 0.379 e. The minimum Gasteiger partial charge on any atom is -0.379 e. The summed E-state index contributed by atoms with van der Waals surface area (Å²) in [6, 6.07) is -0.807. The molecule has 0 atom stereocenters. The molecule has 0 spiro atoms. The highest BCUT2D eigenvalue weighted by molar-refractivity contribution is 5.94. The van der Waals surface area contributed by atoms with Crippen LogP contribution in [0.5, 0.6) is 0 Å². The fraction of sp³-hybridized carbons (Fsp3) is 0.714. The van der Waals surface area contributed by atoms with Crippen LogP contribution >= 0.6 is 0 Å². The van der Waals surface area contributed by atoms with Gasteiger partial charge in [0.2, 0.25) is 5.91 Å². The molecule has 6 heteroatoms. The van der Waals surface area contributed by atoms with Gasteiger partial charge in [-0.1, -0.05) is 0 Å². The van der Waals surface area contributed by atoms with E-state index in [1.165, 1.54) is 0 Å². The minimum atomic E-state index is -0.807.